The number of likely N-dealkylation sites (N-methyl/N-ethyl adjacent to an activating group) is 1. The van der Waals surface area contributed by atoms with Crippen LogP contribution in [0.1, 0.15) is 39.9 Å². The van der Waals surface area contributed by atoms with E-state index in [1.165, 1.54) is 4.90 Å². The van der Waals surface area contributed by atoms with Gasteiger partial charge in [-0.3, -0.25) is 9.59 Å². The number of fused-ring (bicyclic) bond motifs is 2. The van der Waals surface area contributed by atoms with E-state index in [9.17, 15) is 27.2 Å². The summed E-state index contributed by atoms with van der Waals surface area (Å²) in [4.78, 5) is 30.0. The predicted octanol–water partition coefficient (Wildman–Crippen LogP) is 4.10. The summed E-state index contributed by atoms with van der Waals surface area (Å²) in [5.74, 6) is -2.65. The standard InChI is InChI=1S/C24H19F4N3O2/c1-3-31-11-30(2)23(33)19-17(12-8-13(24(26,27)28)10-14(25)9-12)18-20(29-22(19)31)15-6-4-5-7-16(15)21(18)32/h4-10,17,29H,3,11H2,1-2H3. The van der Waals surface area contributed by atoms with Gasteiger partial charge < -0.3 is 15.1 Å². The van der Waals surface area contributed by atoms with E-state index < -0.39 is 35.2 Å². The molecule has 0 bridgehead atoms. The summed E-state index contributed by atoms with van der Waals surface area (Å²) in [6, 6.07) is 9.02. The number of rotatable bonds is 2. The van der Waals surface area contributed by atoms with Gasteiger partial charge in [0.05, 0.1) is 23.5 Å². The number of benzene rings is 2. The molecule has 1 N–H and O–H groups in total. The van der Waals surface area contributed by atoms with Crippen molar-refractivity contribution in [1.82, 2.24) is 15.1 Å². The summed E-state index contributed by atoms with van der Waals surface area (Å²) < 4.78 is 54.9. The molecule has 1 unspecified atom stereocenters. The van der Waals surface area contributed by atoms with E-state index in [-0.39, 0.29) is 23.4 Å². The minimum atomic E-state index is -4.79. The molecule has 0 aromatic heterocycles. The number of Topliss-reactive ketones (excluding diaryl/α,β-unsaturated/α-hetero) is 1. The van der Waals surface area contributed by atoms with Crippen LogP contribution in [0, 0.1) is 5.82 Å². The number of alkyl halides is 3. The Bertz CT molecular complexity index is 1280. The molecule has 2 aliphatic heterocycles. The van der Waals surface area contributed by atoms with Crippen LogP contribution < -0.4 is 5.32 Å². The molecule has 2 aromatic carbocycles. The number of amides is 1. The molecule has 0 saturated carbocycles. The molecule has 2 heterocycles. The third-order valence-corrected chi connectivity index (χ3v) is 6.27. The second-order valence-corrected chi connectivity index (χ2v) is 8.26. The first-order chi connectivity index (χ1) is 15.6. The highest BCUT2D eigenvalue weighted by atomic mass is 19.4. The number of ketones is 1. The molecule has 0 fully saturated rings. The number of halogens is 4. The van der Waals surface area contributed by atoms with Crippen molar-refractivity contribution in [2.24, 2.45) is 0 Å². The summed E-state index contributed by atoms with van der Waals surface area (Å²) in [7, 11) is 1.58. The van der Waals surface area contributed by atoms with Crippen molar-refractivity contribution in [1.29, 1.82) is 0 Å². The lowest BCUT2D eigenvalue weighted by Gasteiger charge is -2.42. The average Bonchev–Trinajstić information content (AvgIpc) is 3.06. The predicted molar refractivity (Wildman–Crippen MR) is 112 cm³/mol. The molecule has 9 heteroatoms. The molecule has 1 atom stereocenters. The second kappa shape index (κ2) is 7.19. The Hall–Kier alpha value is -3.62. The number of dihydropyridines is 1. The third kappa shape index (κ3) is 3.13. The van der Waals surface area contributed by atoms with Crippen LogP contribution in [0.5, 0.6) is 0 Å². The van der Waals surface area contributed by atoms with Crippen molar-refractivity contribution >= 4 is 17.4 Å². The molecule has 1 amide bonds. The van der Waals surface area contributed by atoms with Gasteiger partial charge in [0.2, 0.25) is 0 Å². The molecule has 5 nitrogen and oxygen atoms in total. The lowest BCUT2D eigenvalue weighted by atomic mass is 9.79. The van der Waals surface area contributed by atoms with Crippen LogP contribution in [0.4, 0.5) is 17.6 Å². The number of hydrogen-bond donors (Lipinski definition) is 1. The van der Waals surface area contributed by atoms with Crippen LogP contribution in [0.15, 0.2) is 59.4 Å². The van der Waals surface area contributed by atoms with Crippen molar-refractivity contribution in [3.8, 4) is 0 Å². The Balaban J connectivity index is 1.80. The Morgan fingerprint density at radius 1 is 1.06 bits per heavy atom. The van der Waals surface area contributed by atoms with Crippen LogP contribution in [0.2, 0.25) is 0 Å². The highest BCUT2D eigenvalue weighted by Gasteiger charge is 2.47. The minimum Gasteiger partial charge on any atom is -0.341 e. The number of carbonyl (C=O) groups excluding carboxylic acids is 2. The van der Waals surface area contributed by atoms with Crippen molar-refractivity contribution < 1.29 is 27.2 Å². The van der Waals surface area contributed by atoms with E-state index in [1.54, 1.807) is 31.3 Å². The largest absolute Gasteiger partial charge is 0.416 e. The van der Waals surface area contributed by atoms with E-state index in [0.29, 0.717) is 35.3 Å². The summed E-state index contributed by atoms with van der Waals surface area (Å²) in [6.07, 6.45) is -4.79. The van der Waals surface area contributed by atoms with Crippen molar-refractivity contribution in [2.75, 3.05) is 20.3 Å². The van der Waals surface area contributed by atoms with Gasteiger partial charge in [-0.25, -0.2) is 4.39 Å². The highest BCUT2D eigenvalue weighted by molar-refractivity contribution is 6.23. The third-order valence-electron chi connectivity index (χ3n) is 6.27. The van der Waals surface area contributed by atoms with Crippen LogP contribution in [-0.4, -0.2) is 41.8 Å². The summed E-state index contributed by atoms with van der Waals surface area (Å²) in [5, 5.41) is 3.22. The normalized spacial score (nSPS) is 20.1. The molecule has 5 rings (SSSR count). The molecular formula is C24H19F4N3O2. The Kier molecular flexibility index (Phi) is 4.63. The zero-order valence-electron chi connectivity index (χ0n) is 17.8. The SMILES string of the molecule is CCN1CN(C)C(=O)C2=C1NC1=C(C(=O)c3ccccc31)C2c1cc(F)cc(C(F)(F)F)c1. The summed E-state index contributed by atoms with van der Waals surface area (Å²) >= 11 is 0. The number of nitrogens with zero attached hydrogens (tertiary/aromatic N) is 2. The first kappa shape index (κ1) is 21.2. The van der Waals surface area contributed by atoms with Crippen molar-refractivity contribution in [3.63, 3.8) is 0 Å². The van der Waals surface area contributed by atoms with Gasteiger partial charge in [-0.05, 0) is 30.7 Å². The maximum Gasteiger partial charge on any atom is 0.416 e. The van der Waals surface area contributed by atoms with Gasteiger partial charge in [-0.15, -0.1) is 0 Å². The molecule has 0 radical (unpaired) electrons. The Morgan fingerprint density at radius 2 is 1.76 bits per heavy atom. The molecule has 3 aliphatic rings. The van der Waals surface area contributed by atoms with Crippen molar-refractivity contribution in [3.05, 3.63) is 87.5 Å². The zero-order chi connectivity index (χ0) is 23.7. The fourth-order valence-corrected chi connectivity index (χ4v) is 4.78. The van der Waals surface area contributed by atoms with Gasteiger partial charge in [-0.1, -0.05) is 24.3 Å². The van der Waals surface area contributed by atoms with Crippen molar-refractivity contribution in [2.45, 2.75) is 19.0 Å². The van der Waals surface area contributed by atoms with Gasteiger partial charge in [0, 0.05) is 36.2 Å². The Morgan fingerprint density at radius 3 is 2.42 bits per heavy atom. The molecule has 2 aromatic rings. The van der Waals surface area contributed by atoms with Gasteiger partial charge in [0.1, 0.15) is 11.6 Å². The lowest BCUT2D eigenvalue weighted by Crippen LogP contribution is -2.51. The van der Waals surface area contributed by atoms with Crippen LogP contribution in [-0.2, 0) is 11.0 Å². The number of carbonyl (C=O) groups is 2. The van der Waals surface area contributed by atoms with Gasteiger partial charge >= 0.3 is 6.18 Å². The summed E-state index contributed by atoms with van der Waals surface area (Å²) in [6.45, 7) is 2.65. The molecule has 0 saturated heterocycles. The van der Waals surface area contributed by atoms with Crippen LogP contribution >= 0.6 is 0 Å². The molecule has 170 valence electrons. The summed E-state index contributed by atoms with van der Waals surface area (Å²) in [5.41, 5.74) is 0.433. The van der Waals surface area contributed by atoms with Gasteiger partial charge in [0.25, 0.3) is 5.91 Å². The molecular weight excluding hydrogens is 438 g/mol. The second-order valence-electron chi connectivity index (χ2n) is 8.26. The smallest absolute Gasteiger partial charge is 0.341 e. The fraction of sp³-hybridized carbons (Fsp3) is 0.250. The van der Waals surface area contributed by atoms with E-state index in [4.69, 9.17) is 0 Å². The minimum absolute atomic E-state index is 0.0929. The monoisotopic (exact) mass is 457 g/mol. The first-order valence-electron chi connectivity index (χ1n) is 10.4. The molecule has 0 spiro atoms. The van der Waals surface area contributed by atoms with E-state index in [2.05, 4.69) is 5.32 Å². The maximum absolute atomic E-state index is 14.4. The zero-order valence-corrected chi connectivity index (χ0v) is 17.8. The highest BCUT2D eigenvalue weighted by Crippen LogP contribution is 2.49. The van der Waals surface area contributed by atoms with Crippen LogP contribution in [0.3, 0.4) is 0 Å². The van der Waals surface area contributed by atoms with E-state index >= 15 is 0 Å². The number of nitrogens with one attached hydrogen (secondary N) is 1. The van der Waals surface area contributed by atoms with Crippen LogP contribution in [0.25, 0.3) is 5.70 Å². The average molecular weight is 457 g/mol. The molecule has 1 aliphatic carbocycles. The van der Waals surface area contributed by atoms with Gasteiger partial charge in [-0.2, -0.15) is 13.2 Å². The number of allylic oxidation sites excluding steroid dienone is 1. The van der Waals surface area contributed by atoms with E-state index in [0.717, 1.165) is 12.1 Å². The fourth-order valence-electron chi connectivity index (χ4n) is 4.78. The Labute approximate surface area is 187 Å². The van der Waals surface area contributed by atoms with Gasteiger partial charge in [0.15, 0.2) is 5.78 Å². The topological polar surface area (TPSA) is 52.6 Å². The number of hydrogen-bond acceptors (Lipinski definition) is 4. The first-order valence-corrected chi connectivity index (χ1v) is 10.4. The lowest BCUT2D eigenvalue weighted by molar-refractivity contribution is -0.137. The quantitative estimate of drug-likeness (QED) is 0.690. The maximum atomic E-state index is 14.4. The van der Waals surface area contributed by atoms with E-state index in [1.807, 2.05) is 11.8 Å². The molecule has 33 heavy (non-hydrogen) atoms.